The van der Waals surface area contributed by atoms with Gasteiger partial charge in [-0.05, 0) is 30.2 Å². The maximum absolute atomic E-state index is 10.6. The second kappa shape index (κ2) is 3.91. The molecule has 0 aliphatic heterocycles. The Hall–Kier alpha value is -1.55. The molecule has 4 nitrogen and oxygen atoms in total. The molecule has 70 valence electrons. The van der Waals surface area contributed by atoms with Crippen molar-refractivity contribution in [1.29, 1.82) is 0 Å². The Bertz CT molecular complexity index is 323. The van der Waals surface area contributed by atoms with Crippen molar-refractivity contribution in [2.24, 2.45) is 5.84 Å². The first-order valence-electron chi connectivity index (χ1n) is 4.02. The fraction of sp³-hybridized carbons (Fsp3) is 0.222. The van der Waals surface area contributed by atoms with E-state index >= 15 is 0 Å². The predicted molar refractivity (Wildman–Crippen MR) is 50.6 cm³/mol. The number of benzene rings is 1. The lowest BCUT2D eigenvalue weighted by Crippen LogP contribution is -2.10. The third-order valence-electron chi connectivity index (χ3n) is 1.89. The van der Waals surface area contributed by atoms with Crippen LogP contribution >= 0.6 is 0 Å². The molecular formula is C9H12N2O2. The summed E-state index contributed by atoms with van der Waals surface area (Å²) in [6, 6.07) is 4.82. The van der Waals surface area contributed by atoms with Gasteiger partial charge in [0.25, 0.3) is 0 Å². The second-order valence-corrected chi connectivity index (χ2v) is 2.67. The number of nitrogens with two attached hydrogens (primary N) is 1. The molecule has 0 aliphatic carbocycles. The lowest BCUT2D eigenvalue weighted by Gasteiger charge is -2.07. The third-order valence-corrected chi connectivity index (χ3v) is 1.89. The van der Waals surface area contributed by atoms with E-state index in [2.05, 4.69) is 5.43 Å². The number of aryl methyl sites for hydroxylation is 1. The quantitative estimate of drug-likeness (QED) is 0.483. The summed E-state index contributed by atoms with van der Waals surface area (Å²) in [4.78, 5) is 10.6. The number of carbonyl (C=O) groups is 1. The van der Waals surface area contributed by atoms with Crippen LogP contribution in [-0.4, -0.2) is 11.1 Å². The Kier molecular flexibility index (Phi) is 2.87. The maximum atomic E-state index is 10.6. The predicted octanol–water partition coefficient (Wildman–Crippen LogP) is 1.23. The van der Waals surface area contributed by atoms with Gasteiger partial charge in [-0.25, -0.2) is 4.79 Å². The highest BCUT2D eigenvalue weighted by Crippen LogP contribution is 2.16. The van der Waals surface area contributed by atoms with Crippen LogP contribution in [0.2, 0.25) is 0 Å². The molecular weight excluding hydrogens is 168 g/mol. The van der Waals surface area contributed by atoms with Crippen molar-refractivity contribution < 1.29 is 9.90 Å². The van der Waals surface area contributed by atoms with E-state index in [0.29, 0.717) is 0 Å². The number of nitrogen functional groups attached to an aromatic ring is 1. The number of hydrazine groups is 1. The summed E-state index contributed by atoms with van der Waals surface area (Å²) in [5.41, 5.74) is 4.48. The van der Waals surface area contributed by atoms with Gasteiger partial charge in [-0.1, -0.05) is 6.92 Å². The smallest absolute Gasteiger partial charge is 0.335 e. The van der Waals surface area contributed by atoms with Gasteiger partial charge < -0.3 is 10.5 Å². The Morgan fingerprint density at radius 1 is 1.62 bits per heavy atom. The van der Waals surface area contributed by atoms with Gasteiger partial charge in [0.1, 0.15) is 0 Å². The van der Waals surface area contributed by atoms with E-state index in [0.717, 1.165) is 17.7 Å². The Morgan fingerprint density at radius 2 is 2.31 bits per heavy atom. The topological polar surface area (TPSA) is 75.3 Å². The number of hydrogen-bond donors (Lipinski definition) is 3. The molecule has 0 radical (unpaired) electrons. The van der Waals surface area contributed by atoms with Gasteiger partial charge in [-0.3, -0.25) is 5.84 Å². The number of nitrogens with one attached hydrogen (secondary N) is 1. The average molecular weight is 180 g/mol. The van der Waals surface area contributed by atoms with Gasteiger partial charge in [0.05, 0.1) is 11.3 Å². The third kappa shape index (κ3) is 1.97. The van der Waals surface area contributed by atoms with Crippen LogP contribution in [0.5, 0.6) is 0 Å². The zero-order valence-corrected chi connectivity index (χ0v) is 7.37. The van der Waals surface area contributed by atoms with E-state index in [1.165, 1.54) is 6.07 Å². The molecule has 0 aliphatic rings. The van der Waals surface area contributed by atoms with Gasteiger partial charge in [0.2, 0.25) is 0 Å². The minimum Gasteiger partial charge on any atom is -0.478 e. The van der Waals surface area contributed by atoms with Crippen LogP contribution in [0.25, 0.3) is 0 Å². The maximum Gasteiger partial charge on any atom is 0.335 e. The van der Waals surface area contributed by atoms with Crippen LogP contribution in [0.15, 0.2) is 18.2 Å². The molecule has 0 amide bonds. The van der Waals surface area contributed by atoms with Crippen LogP contribution < -0.4 is 11.3 Å². The molecule has 0 aromatic heterocycles. The number of hydrogen-bond acceptors (Lipinski definition) is 3. The summed E-state index contributed by atoms with van der Waals surface area (Å²) in [5, 5.41) is 8.72. The van der Waals surface area contributed by atoms with E-state index in [-0.39, 0.29) is 5.56 Å². The summed E-state index contributed by atoms with van der Waals surface area (Å²) in [6.45, 7) is 1.95. The van der Waals surface area contributed by atoms with E-state index < -0.39 is 5.97 Å². The van der Waals surface area contributed by atoms with Crippen molar-refractivity contribution in [1.82, 2.24) is 0 Å². The van der Waals surface area contributed by atoms with Gasteiger partial charge in [-0.2, -0.15) is 0 Å². The first kappa shape index (κ1) is 9.54. The monoisotopic (exact) mass is 180 g/mol. The molecule has 4 heteroatoms. The van der Waals surface area contributed by atoms with Gasteiger partial charge >= 0.3 is 5.97 Å². The minimum atomic E-state index is -0.918. The summed E-state index contributed by atoms with van der Waals surface area (Å²) in [5.74, 6) is 4.34. The normalized spacial score (nSPS) is 9.69. The van der Waals surface area contributed by atoms with E-state index in [1.807, 2.05) is 6.92 Å². The largest absolute Gasteiger partial charge is 0.478 e. The van der Waals surface area contributed by atoms with Gasteiger partial charge in [0, 0.05) is 0 Å². The fourth-order valence-corrected chi connectivity index (χ4v) is 1.16. The van der Waals surface area contributed by atoms with Crippen LogP contribution in [0.3, 0.4) is 0 Å². The zero-order valence-electron chi connectivity index (χ0n) is 7.37. The van der Waals surface area contributed by atoms with Gasteiger partial charge in [-0.15, -0.1) is 0 Å². The molecule has 0 saturated carbocycles. The Balaban J connectivity index is 3.13. The molecule has 1 rings (SSSR count). The molecule has 0 atom stereocenters. The lowest BCUT2D eigenvalue weighted by atomic mass is 10.1. The molecule has 1 aromatic rings. The second-order valence-electron chi connectivity index (χ2n) is 2.67. The zero-order chi connectivity index (χ0) is 9.84. The molecule has 0 unspecified atom stereocenters. The van der Waals surface area contributed by atoms with E-state index in [9.17, 15) is 4.79 Å². The van der Waals surface area contributed by atoms with Crippen molar-refractivity contribution in [3.63, 3.8) is 0 Å². The van der Waals surface area contributed by atoms with Crippen LogP contribution in [-0.2, 0) is 6.42 Å². The highest BCUT2D eigenvalue weighted by Gasteiger charge is 2.05. The highest BCUT2D eigenvalue weighted by atomic mass is 16.4. The lowest BCUT2D eigenvalue weighted by molar-refractivity contribution is 0.0697. The molecule has 4 N–H and O–H groups in total. The minimum absolute atomic E-state index is 0.288. The first-order chi connectivity index (χ1) is 6.19. The van der Waals surface area contributed by atoms with Crippen molar-refractivity contribution in [3.05, 3.63) is 29.3 Å². The SMILES string of the molecule is CCc1cc(C(=O)O)ccc1NN. The first-order valence-corrected chi connectivity index (χ1v) is 4.02. The average Bonchev–Trinajstić information content (AvgIpc) is 2.16. The van der Waals surface area contributed by atoms with Gasteiger partial charge in [0.15, 0.2) is 0 Å². The molecule has 1 aromatic carbocycles. The van der Waals surface area contributed by atoms with E-state index in [1.54, 1.807) is 12.1 Å². The van der Waals surface area contributed by atoms with E-state index in [4.69, 9.17) is 10.9 Å². The van der Waals surface area contributed by atoms with Crippen molar-refractivity contribution >= 4 is 11.7 Å². The summed E-state index contributed by atoms with van der Waals surface area (Å²) in [6.07, 6.45) is 0.751. The highest BCUT2D eigenvalue weighted by molar-refractivity contribution is 5.88. The number of rotatable bonds is 3. The number of carboxylic acids is 1. The Morgan fingerprint density at radius 3 is 2.77 bits per heavy atom. The molecule has 0 heterocycles. The molecule has 0 fully saturated rings. The molecule has 0 spiro atoms. The molecule has 0 bridgehead atoms. The van der Waals surface area contributed by atoms with Crippen molar-refractivity contribution in [2.75, 3.05) is 5.43 Å². The molecule has 13 heavy (non-hydrogen) atoms. The van der Waals surface area contributed by atoms with Crippen molar-refractivity contribution in [3.8, 4) is 0 Å². The van der Waals surface area contributed by atoms with Crippen molar-refractivity contribution in [2.45, 2.75) is 13.3 Å². The number of anilines is 1. The van der Waals surface area contributed by atoms with Crippen LogP contribution in [0.1, 0.15) is 22.8 Å². The Labute approximate surface area is 76.3 Å². The van der Waals surface area contributed by atoms with Crippen LogP contribution in [0.4, 0.5) is 5.69 Å². The number of aromatic carboxylic acids is 1. The summed E-state index contributed by atoms with van der Waals surface area (Å²) < 4.78 is 0. The van der Waals surface area contributed by atoms with Crippen LogP contribution in [0, 0.1) is 0 Å². The summed E-state index contributed by atoms with van der Waals surface area (Å²) >= 11 is 0. The molecule has 0 saturated heterocycles. The number of carboxylic acid groups (broad SMARTS) is 1. The standard InChI is InChI=1S/C9H12N2O2/c1-2-6-5-7(9(12)13)3-4-8(6)11-10/h3-5,11H,2,10H2,1H3,(H,12,13). The summed E-state index contributed by atoms with van der Waals surface area (Å²) in [7, 11) is 0. The fourth-order valence-electron chi connectivity index (χ4n) is 1.16.